The molecule has 18 heavy (non-hydrogen) atoms. The highest BCUT2D eigenvalue weighted by atomic mass is 16.3. The van der Waals surface area contributed by atoms with Crippen LogP contribution in [0.2, 0.25) is 0 Å². The molecule has 0 fully saturated rings. The van der Waals surface area contributed by atoms with Crippen LogP contribution in [0, 0.1) is 0 Å². The molecule has 2 aromatic carbocycles. The molecular formula is C16H18O2. The van der Waals surface area contributed by atoms with Gasteiger partial charge in [-0.15, -0.1) is 0 Å². The summed E-state index contributed by atoms with van der Waals surface area (Å²) in [6.45, 7) is 2.16. The Morgan fingerprint density at radius 1 is 0.889 bits per heavy atom. The van der Waals surface area contributed by atoms with E-state index in [1.54, 1.807) is 18.2 Å². The summed E-state index contributed by atoms with van der Waals surface area (Å²) in [6.07, 6.45) is 3.27. The fourth-order valence-electron chi connectivity index (χ4n) is 2.04. The molecule has 0 unspecified atom stereocenters. The van der Waals surface area contributed by atoms with Gasteiger partial charge in [-0.25, -0.2) is 0 Å². The summed E-state index contributed by atoms with van der Waals surface area (Å²) in [7, 11) is 0. The van der Waals surface area contributed by atoms with Gasteiger partial charge in [0.15, 0.2) is 0 Å². The molecule has 0 radical (unpaired) electrons. The van der Waals surface area contributed by atoms with Gasteiger partial charge in [-0.3, -0.25) is 0 Å². The van der Waals surface area contributed by atoms with E-state index in [1.165, 1.54) is 5.56 Å². The average molecular weight is 242 g/mol. The lowest BCUT2D eigenvalue weighted by Gasteiger charge is -2.09. The Morgan fingerprint density at radius 3 is 2.33 bits per heavy atom. The van der Waals surface area contributed by atoms with Crippen LogP contribution in [-0.4, -0.2) is 10.2 Å². The Balaban J connectivity index is 2.40. The summed E-state index contributed by atoms with van der Waals surface area (Å²) in [4.78, 5) is 0. The number of hydrogen-bond acceptors (Lipinski definition) is 2. The molecule has 0 aliphatic rings. The van der Waals surface area contributed by atoms with Crippen LogP contribution in [0.4, 0.5) is 0 Å². The lowest BCUT2D eigenvalue weighted by molar-refractivity contribution is 0.469. The van der Waals surface area contributed by atoms with Gasteiger partial charge < -0.3 is 10.2 Å². The van der Waals surface area contributed by atoms with Gasteiger partial charge in [-0.1, -0.05) is 37.6 Å². The third-order valence-electron chi connectivity index (χ3n) is 3.07. The highest BCUT2D eigenvalue weighted by Gasteiger charge is 2.09. The number of unbranched alkanes of at least 4 members (excludes halogenated alkanes) is 1. The summed E-state index contributed by atoms with van der Waals surface area (Å²) >= 11 is 0. The largest absolute Gasteiger partial charge is 0.507 e. The molecule has 0 amide bonds. The minimum atomic E-state index is 0.195. The second-order valence-corrected chi connectivity index (χ2v) is 4.47. The number of hydrogen-bond donors (Lipinski definition) is 2. The first-order valence-electron chi connectivity index (χ1n) is 6.32. The molecule has 2 N–H and O–H groups in total. The SMILES string of the molecule is CCCCc1ccc(O)c(-c2ccccc2O)c1. The molecule has 0 saturated carbocycles. The van der Waals surface area contributed by atoms with E-state index in [9.17, 15) is 10.2 Å². The van der Waals surface area contributed by atoms with Crippen molar-refractivity contribution in [3.8, 4) is 22.6 Å². The normalized spacial score (nSPS) is 10.5. The second kappa shape index (κ2) is 5.58. The zero-order chi connectivity index (χ0) is 13.0. The molecule has 0 aromatic heterocycles. The van der Waals surface area contributed by atoms with Gasteiger partial charge in [0.2, 0.25) is 0 Å². The molecule has 2 aromatic rings. The van der Waals surface area contributed by atoms with Gasteiger partial charge in [0.1, 0.15) is 11.5 Å². The van der Waals surface area contributed by atoms with Crippen molar-refractivity contribution in [1.82, 2.24) is 0 Å². The monoisotopic (exact) mass is 242 g/mol. The van der Waals surface area contributed by atoms with E-state index in [-0.39, 0.29) is 11.5 Å². The first-order valence-corrected chi connectivity index (χ1v) is 6.32. The van der Waals surface area contributed by atoms with Crippen molar-refractivity contribution >= 4 is 0 Å². The number of benzene rings is 2. The second-order valence-electron chi connectivity index (χ2n) is 4.47. The predicted molar refractivity (Wildman–Crippen MR) is 73.8 cm³/mol. The number of phenolic OH excluding ortho intramolecular Hbond substituents is 2. The van der Waals surface area contributed by atoms with E-state index < -0.39 is 0 Å². The van der Waals surface area contributed by atoms with Crippen LogP contribution in [0.1, 0.15) is 25.3 Å². The molecule has 2 nitrogen and oxygen atoms in total. The summed E-state index contributed by atoms with van der Waals surface area (Å²) in [5.74, 6) is 0.400. The van der Waals surface area contributed by atoms with Crippen molar-refractivity contribution < 1.29 is 10.2 Å². The van der Waals surface area contributed by atoms with Crippen molar-refractivity contribution in [3.63, 3.8) is 0 Å². The van der Waals surface area contributed by atoms with Crippen molar-refractivity contribution in [2.24, 2.45) is 0 Å². The van der Waals surface area contributed by atoms with Crippen LogP contribution >= 0.6 is 0 Å². The first kappa shape index (κ1) is 12.5. The summed E-state index contributed by atoms with van der Waals surface area (Å²) in [6, 6.07) is 12.7. The zero-order valence-corrected chi connectivity index (χ0v) is 10.6. The van der Waals surface area contributed by atoms with Crippen LogP contribution in [0.25, 0.3) is 11.1 Å². The summed E-state index contributed by atoms with van der Waals surface area (Å²) in [5.41, 5.74) is 2.56. The van der Waals surface area contributed by atoms with Crippen LogP contribution in [0.3, 0.4) is 0 Å². The molecule has 0 aliphatic heterocycles. The molecule has 0 aliphatic carbocycles. The van der Waals surface area contributed by atoms with E-state index in [0.717, 1.165) is 19.3 Å². The number of rotatable bonds is 4. The quantitative estimate of drug-likeness (QED) is 0.847. The van der Waals surface area contributed by atoms with Crippen molar-refractivity contribution in [2.45, 2.75) is 26.2 Å². The fraction of sp³-hybridized carbons (Fsp3) is 0.250. The smallest absolute Gasteiger partial charge is 0.123 e. The summed E-state index contributed by atoms with van der Waals surface area (Å²) < 4.78 is 0. The molecule has 0 atom stereocenters. The van der Waals surface area contributed by atoms with Gasteiger partial charge in [0.25, 0.3) is 0 Å². The molecule has 0 saturated heterocycles. The van der Waals surface area contributed by atoms with Gasteiger partial charge >= 0.3 is 0 Å². The molecule has 0 bridgehead atoms. The summed E-state index contributed by atoms with van der Waals surface area (Å²) in [5, 5.41) is 19.8. The third kappa shape index (κ3) is 2.65. The minimum Gasteiger partial charge on any atom is -0.507 e. The Kier molecular flexibility index (Phi) is 3.88. The number of para-hydroxylation sites is 1. The Bertz CT molecular complexity index is 532. The predicted octanol–water partition coefficient (Wildman–Crippen LogP) is 4.11. The maximum atomic E-state index is 9.93. The lowest BCUT2D eigenvalue weighted by Crippen LogP contribution is -1.87. The molecule has 0 spiro atoms. The van der Waals surface area contributed by atoms with Crippen molar-refractivity contribution in [2.75, 3.05) is 0 Å². The van der Waals surface area contributed by atoms with Crippen LogP contribution < -0.4 is 0 Å². The molecule has 0 heterocycles. The Hall–Kier alpha value is -1.96. The zero-order valence-electron chi connectivity index (χ0n) is 10.6. The van der Waals surface area contributed by atoms with Crippen LogP contribution in [-0.2, 0) is 6.42 Å². The highest BCUT2D eigenvalue weighted by molar-refractivity contribution is 5.75. The van der Waals surface area contributed by atoms with Gasteiger partial charge in [0, 0.05) is 11.1 Å². The standard InChI is InChI=1S/C16H18O2/c1-2-3-6-12-9-10-16(18)14(11-12)13-7-4-5-8-15(13)17/h4-5,7-11,17-18H,2-3,6H2,1H3. The van der Waals surface area contributed by atoms with Crippen molar-refractivity contribution in [1.29, 1.82) is 0 Å². The molecular weight excluding hydrogens is 224 g/mol. The first-order chi connectivity index (χ1) is 8.72. The maximum Gasteiger partial charge on any atom is 0.123 e. The third-order valence-corrected chi connectivity index (χ3v) is 3.07. The Labute approximate surface area is 108 Å². The highest BCUT2D eigenvalue weighted by Crippen LogP contribution is 2.35. The fourth-order valence-corrected chi connectivity index (χ4v) is 2.04. The van der Waals surface area contributed by atoms with Crippen LogP contribution in [0.15, 0.2) is 42.5 Å². The van der Waals surface area contributed by atoms with Crippen molar-refractivity contribution in [3.05, 3.63) is 48.0 Å². The van der Waals surface area contributed by atoms with E-state index in [1.807, 2.05) is 24.3 Å². The minimum absolute atomic E-state index is 0.195. The van der Waals surface area contributed by atoms with E-state index in [2.05, 4.69) is 6.92 Å². The number of phenols is 2. The number of aryl methyl sites for hydroxylation is 1. The van der Waals surface area contributed by atoms with Gasteiger partial charge in [-0.2, -0.15) is 0 Å². The van der Waals surface area contributed by atoms with Gasteiger partial charge in [-0.05, 0) is 36.6 Å². The molecule has 2 rings (SSSR count). The van der Waals surface area contributed by atoms with Gasteiger partial charge in [0.05, 0.1) is 0 Å². The van der Waals surface area contributed by atoms with E-state index >= 15 is 0 Å². The average Bonchev–Trinajstić information content (AvgIpc) is 2.39. The number of aromatic hydroxyl groups is 2. The topological polar surface area (TPSA) is 40.5 Å². The van der Waals surface area contributed by atoms with E-state index in [0.29, 0.717) is 11.1 Å². The lowest BCUT2D eigenvalue weighted by atomic mass is 9.99. The maximum absolute atomic E-state index is 9.93. The van der Waals surface area contributed by atoms with Crippen LogP contribution in [0.5, 0.6) is 11.5 Å². The van der Waals surface area contributed by atoms with E-state index in [4.69, 9.17) is 0 Å². The Morgan fingerprint density at radius 2 is 1.61 bits per heavy atom. The molecule has 94 valence electrons. The molecule has 2 heteroatoms.